The van der Waals surface area contributed by atoms with Gasteiger partial charge in [-0.25, -0.2) is 0 Å². The average molecular weight is 164 g/mol. The second-order valence-electron chi connectivity index (χ2n) is 2.21. The Balaban J connectivity index is 0. The van der Waals surface area contributed by atoms with E-state index in [2.05, 4.69) is 13.0 Å². The van der Waals surface area contributed by atoms with E-state index >= 15 is 0 Å². The van der Waals surface area contributed by atoms with Gasteiger partial charge >= 0.3 is 37.7 Å². The zero-order valence-corrected chi connectivity index (χ0v) is 8.66. The predicted octanol–water partition coefficient (Wildman–Crippen LogP) is -3.63. The smallest absolute Gasteiger partial charge is 0.779 e. The molecule has 0 unspecified atom stereocenters. The van der Waals surface area contributed by atoms with Gasteiger partial charge in [-0.15, -0.1) is 0 Å². The van der Waals surface area contributed by atoms with Crippen molar-refractivity contribution in [2.45, 2.75) is 17.7 Å². The van der Waals surface area contributed by atoms with E-state index < -0.39 is 0 Å². The Morgan fingerprint density at radius 3 is 2.25 bits per heavy atom. The third-order valence-electron chi connectivity index (χ3n) is 1.42. The second kappa shape index (κ2) is 8.24. The first-order chi connectivity index (χ1) is 4.84. The van der Waals surface area contributed by atoms with Crippen molar-refractivity contribution >= 4 is 12.6 Å². The Labute approximate surface area is 104 Å². The van der Waals surface area contributed by atoms with Gasteiger partial charge in [0.25, 0.3) is 0 Å². The molecular weight excluding hydrogens is 154 g/mol. The summed E-state index contributed by atoms with van der Waals surface area (Å²) in [5.74, 6) is 0. The third kappa shape index (κ3) is 4.61. The van der Waals surface area contributed by atoms with E-state index in [0.717, 1.165) is 17.7 Å². The van der Waals surface area contributed by atoms with Crippen LogP contribution in [0.15, 0.2) is 29.2 Å². The molecule has 0 saturated carbocycles. The Kier molecular flexibility index (Phi) is 10.4. The molecule has 54 valence electrons. The van der Waals surface area contributed by atoms with Crippen molar-refractivity contribution in [2.75, 3.05) is 0 Å². The van der Waals surface area contributed by atoms with Crippen LogP contribution in [0, 0.1) is 6.92 Å². The Morgan fingerprint density at radius 1 is 1.17 bits per heavy atom. The summed E-state index contributed by atoms with van der Waals surface area (Å²) in [5.41, 5.74) is 1.24. The van der Waals surface area contributed by atoms with Crippen molar-refractivity contribution in [3.8, 4) is 0 Å². The molecule has 3 heteroatoms. The zero-order valence-electron chi connectivity index (χ0n) is 7.84. The van der Waals surface area contributed by atoms with Gasteiger partial charge in [0.15, 0.2) is 0 Å². The fraction of sp³-hybridized carbons (Fsp3) is 0.222. The van der Waals surface area contributed by atoms with Crippen LogP contribution >= 0.6 is 0 Å². The monoisotopic (exact) mass is 164 g/mol. The predicted molar refractivity (Wildman–Crippen MR) is 45.8 cm³/mol. The largest absolute Gasteiger partial charge is 1.00 e. The quantitative estimate of drug-likeness (QED) is 0.247. The molecule has 12 heavy (non-hydrogen) atoms. The molecular formula is C9H10Li2S. The molecule has 0 nitrogen and oxygen atoms in total. The molecule has 0 aliphatic heterocycles. The zero-order chi connectivity index (χ0) is 7.40. The van der Waals surface area contributed by atoms with Crippen molar-refractivity contribution in [1.29, 1.82) is 0 Å². The molecule has 0 saturated heterocycles. The molecule has 0 spiro atoms. The molecule has 0 fully saturated rings. The molecule has 0 heterocycles. The number of rotatable bonds is 2. The van der Waals surface area contributed by atoms with Gasteiger partial charge in [0.05, 0.1) is 0 Å². The Morgan fingerprint density at radius 2 is 1.75 bits per heavy atom. The molecule has 1 rings (SSSR count). The van der Waals surface area contributed by atoms with Crippen LogP contribution in [0.3, 0.4) is 0 Å². The molecule has 1 aromatic carbocycles. The maximum Gasteiger partial charge on any atom is 1.00 e. The van der Waals surface area contributed by atoms with Gasteiger partial charge in [-0.3, -0.25) is 0 Å². The van der Waals surface area contributed by atoms with Crippen molar-refractivity contribution in [2.24, 2.45) is 0 Å². The van der Waals surface area contributed by atoms with Gasteiger partial charge in [-0.2, -0.15) is 11.3 Å². The van der Waals surface area contributed by atoms with Crippen LogP contribution in [0.2, 0.25) is 0 Å². The third-order valence-corrected chi connectivity index (χ3v) is 1.82. The van der Waals surface area contributed by atoms with Gasteiger partial charge < -0.3 is 19.6 Å². The van der Waals surface area contributed by atoms with Crippen molar-refractivity contribution in [3.05, 3.63) is 36.8 Å². The summed E-state index contributed by atoms with van der Waals surface area (Å²) < 4.78 is 0. The molecule has 0 atom stereocenters. The summed E-state index contributed by atoms with van der Waals surface area (Å²) in [7, 11) is 0. The fourth-order valence-corrected chi connectivity index (χ4v) is 1.15. The second-order valence-corrected chi connectivity index (χ2v) is 2.65. The van der Waals surface area contributed by atoms with Crippen LogP contribution < -0.4 is 37.7 Å². The summed E-state index contributed by atoms with van der Waals surface area (Å²) >= 11 is 5.09. The minimum Gasteiger partial charge on any atom is -0.779 e. The van der Waals surface area contributed by atoms with E-state index in [4.69, 9.17) is 12.6 Å². The summed E-state index contributed by atoms with van der Waals surface area (Å²) in [4.78, 5) is 0.964. The Hall–Kier alpha value is 0.635. The van der Waals surface area contributed by atoms with E-state index in [1.54, 1.807) is 0 Å². The van der Waals surface area contributed by atoms with E-state index in [9.17, 15) is 0 Å². The van der Waals surface area contributed by atoms with Gasteiger partial charge in [0, 0.05) is 0 Å². The molecule has 0 bridgehead atoms. The van der Waals surface area contributed by atoms with Crippen molar-refractivity contribution < 1.29 is 37.7 Å². The first-order valence-corrected chi connectivity index (χ1v) is 3.79. The SMILES string of the molecule is [CH2-]CCc1ccccc1[S-].[Li+].[Li+]. The Bertz CT molecular complexity index is 213. The first-order valence-electron chi connectivity index (χ1n) is 3.39. The number of benzene rings is 1. The molecule has 0 aromatic heterocycles. The van der Waals surface area contributed by atoms with Crippen LogP contribution in [0.25, 0.3) is 0 Å². The number of hydrogen-bond donors (Lipinski definition) is 0. The summed E-state index contributed by atoms with van der Waals surface area (Å²) in [6.45, 7) is 3.78. The van der Waals surface area contributed by atoms with Crippen LogP contribution in [-0.4, -0.2) is 0 Å². The van der Waals surface area contributed by atoms with Gasteiger partial charge in [0.1, 0.15) is 0 Å². The maximum absolute atomic E-state index is 5.09. The summed E-state index contributed by atoms with van der Waals surface area (Å²) in [5, 5.41) is 0. The molecule has 0 aliphatic carbocycles. The molecule has 0 amide bonds. The van der Waals surface area contributed by atoms with Gasteiger partial charge in [-0.1, -0.05) is 36.2 Å². The molecule has 0 N–H and O–H groups in total. The minimum absolute atomic E-state index is 0. The number of aryl methyl sites for hydroxylation is 1. The van der Waals surface area contributed by atoms with Crippen LogP contribution in [0.1, 0.15) is 12.0 Å². The topological polar surface area (TPSA) is 0 Å². The summed E-state index contributed by atoms with van der Waals surface area (Å²) in [6.07, 6.45) is 1.92. The van der Waals surface area contributed by atoms with Crippen molar-refractivity contribution in [3.63, 3.8) is 0 Å². The minimum atomic E-state index is 0. The molecule has 0 radical (unpaired) electrons. The van der Waals surface area contributed by atoms with Gasteiger partial charge in [-0.05, 0) is 0 Å². The van der Waals surface area contributed by atoms with E-state index in [1.165, 1.54) is 5.56 Å². The van der Waals surface area contributed by atoms with Crippen LogP contribution in [0.5, 0.6) is 0 Å². The van der Waals surface area contributed by atoms with E-state index in [1.807, 2.05) is 18.2 Å². The van der Waals surface area contributed by atoms with Crippen molar-refractivity contribution in [1.82, 2.24) is 0 Å². The maximum atomic E-state index is 5.09. The van der Waals surface area contributed by atoms with Crippen LogP contribution in [0.4, 0.5) is 0 Å². The molecule has 1 aromatic rings. The normalized spacial score (nSPS) is 8.08. The van der Waals surface area contributed by atoms with Crippen LogP contribution in [-0.2, 0) is 19.0 Å². The first kappa shape index (κ1) is 15.1. The van der Waals surface area contributed by atoms with E-state index in [0.29, 0.717) is 0 Å². The standard InChI is InChI=1S/C9H11S.2Li/c1-2-5-8-6-3-4-7-9(8)10;;/h3-4,6-7,10H,1-2,5H2;;/q-1;2*+1/p-1. The average Bonchev–Trinajstić information content (AvgIpc) is 1.94. The van der Waals surface area contributed by atoms with Gasteiger partial charge in [0.2, 0.25) is 0 Å². The van der Waals surface area contributed by atoms with E-state index in [-0.39, 0.29) is 37.7 Å². The number of hydrogen-bond acceptors (Lipinski definition) is 1. The molecule has 0 aliphatic rings. The summed E-state index contributed by atoms with van der Waals surface area (Å²) in [6, 6.07) is 8.00. The fourth-order valence-electron chi connectivity index (χ4n) is 0.901.